The summed E-state index contributed by atoms with van der Waals surface area (Å²) < 4.78 is 31.9. The third kappa shape index (κ3) is 4.72. The molecule has 1 aliphatic heterocycles. The second kappa shape index (κ2) is 9.21. The molecule has 0 radical (unpaired) electrons. The molecule has 150 valence electrons. The van der Waals surface area contributed by atoms with E-state index in [1.807, 2.05) is 24.3 Å². The lowest BCUT2D eigenvalue weighted by molar-refractivity contribution is 0.0953. The number of nitrogens with one attached hydrogen (secondary N) is 1. The molecule has 3 rings (SSSR count). The first-order chi connectivity index (χ1) is 13.5. The molecule has 0 saturated carbocycles. The number of nitrogens with zero attached hydrogens (tertiary/aromatic N) is 1. The van der Waals surface area contributed by atoms with Crippen LogP contribution in [0.25, 0.3) is 0 Å². The first-order valence-corrected chi connectivity index (χ1v) is 11.0. The van der Waals surface area contributed by atoms with E-state index in [2.05, 4.69) is 5.32 Å². The number of benzene rings is 2. The van der Waals surface area contributed by atoms with Crippen molar-refractivity contribution in [3.63, 3.8) is 0 Å². The van der Waals surface area contributed by atoms with E-state index in [0.717, 1.165) is 37.0 Å². The number of rotatable bonds is 8. The van der Waals surface area contributed by atoms with Crippen molar-refractivity contribution in [3.8, 4) is 5.75 Å². The number of sulfonamides is 1. The number of carbonyl (C=O) groups excluding carboxylic acids is 1. The van der Waals surface area contributed by atoms with Gasteiger partial charge in [-0.25, -0.2) is 8.42 Å². The molecule has 1 saturated heterocycles. The summed E-state index contributed by atoms with van der Waals surface area (Å²) in [6.07, 6.45) is 3.38. The SMILES string of the molecule is COc1ccccc1CCCNC(=O)c1ccc(S(=O)(=O)N2CCCC2)cc1. The monoisotopic (exact) mass is 402 g/mol. The zero-order valence-electron chi connectivity index (χ0n) is 16.1. The minimum absolute atomic E-state index is 0.204. The summed E-state index contributed by atoms with van der Waals surface area (Å²) in [4.78, 5) is 12.5. The number of amides is 1. The fraction of sp³-hybridized carbons (Fsp3) is 0.381. The van der Waals surface area contributed by atoms with Gasteiger partial charge in [-0.3, -0.25) is 4.79 Å². The summed E-state index contributed by atoms with van der Waals surface area (Å²) in [5.74, 6) is 0.647. The number of hydrogen-bond acceptors (Lipinski definition) is 4. The molecule has 0 aliphatic carbocycles. The van der Waals surface area contributed by atoms with Crippen LogP contribution in [0.2, 0.25) is 0 Å². The highest BCUT2D eigenvalue weighted by Gasteiger charge is 2.27. The third-order valence-electron chi connectivity index (χ3n) is 4.92. The molecule has 28 heavy (non-hydrogen) atoms. The van der Waals surface area contributed by atoms with Gasteiger partial charge in [0.05, 0.1) is 12.0 Å². The lowest BCUT2D eigenvalue weighted by Crippen LogP contribution is -2.28. The standard InChI is InChI=1S/C21H26N2O4S/c1-27-20-9-3-2-7-17(20)8-6-14-22-21(24)18-10-12-19(13-11-18)28(25,26)23-15-4-5-16-23/h2-3,7,9-13H,4-6,8,14-16H2,1H3,(H,22,24). The summed E-state index contributed by atoms with van der Waals surface area (Å²) in [6.45, 7) is 1.66. The van der Waals surface area contributed by atoms with Gasteiger partial charge in [0.15, 0.2) is 0 Å². The third-order valence-corrected chi connectivity index (χ3v) is 6.83. The Kier molecular flexibility index (Phi) is 6.70. The summed E-state index contributed by atoms with van der Waals surface area (Å²) in [7, 11) is -1.80. The molecule has 0 bridgehead atoms. The maximum atomic E-state index is 12.5. The van der Waals surface area contributed by atoms with Crippen molar-refractivity contribution in [3.05, 3.63) is 59.7 Å². The van der Waals surface area contributed by atoms with E-state index in [9.17, 15) is 13.2 Å². The van der Waals surface area contributed by atoms with Gasteiger partial charge in [0, 0.05) is 25.2 Å². The van der Waals surface area contributed by atoms with Crippen molar-refractivity contribution in [1.29, 1.82) is 0 Å². The molecule has 0 aromatic heterocycles. The Morgan fingerprint density at radius 3 is 2.43 bits per heavy atom. The Hall–Kier alpha value is -2.38. The second-order valence-electron chi connectivity index (χ2n) is 6.81. The normalized spacial score (nSPS) is 14.8. The quantitative estimate of drug-likeness (QED) is 0.689. The lowest BCUT2D eigenvalue weighted by Gasteiger charge is -2.15. The number of hydrogen-bond donors (Lipinski definition) is 1. The molecule has 0 atom stereocenters. The Morgan fingerprint density at radius 2 is 1.75 bits per heavy atom. The summed E-state index contributed by atoms with van der Waals surface area (Å²) in [5, 5.41) is 2.88. The average Bonchev–Trinajstić information content (AvgIpc) is 3.27. The van der Waals surface area contributed by atoms with Crippen LogP contribution in [0.15, 0.2) is 53.4 Å². The van der Waals surface area contributed by atoms with Crippen molar-refractivity contribution < 1.29 is 17.9 Å². The van der Waals surface area contributed by atoms with Crippen LogP contribution in [-0.4, -0.2) is 45.4 Å². The van der Waals surface area contributed by atoms with Gasteiger partial charge in [0.1, 0.15) is 5.75 Å². The molecule has 0 unspecified atom stereocenters. The number of carbonyl (C=O) groups is 1. The molecule has 0 spiro atoms. The van der Waals surface area contributed by atoms with Crippen LogP contribution in [0.5, 0.6) is 5.75 Å². The van der Waals surface area contributed by atoms with E-state index in [4.69, 9.17) is 4.74 Å². The number of methoxy groups -OCH3 is 1. The maximum Gasteiger partial charge on any atom is 0.251 e. The smallest absolute Gasteiger partial charge is 0.251 e. The van der Waals surface area contributed by atoms with Gasteiger partial charge in [-0.1, -0.05) is 18.2 Å². The molecular weight excluding hydrogens is 376 g/mol. The van der Waals surface area contributed by atoms with E-state index < -0.39 is 10.0 Å². The van der Waals surface area contributed by atoms with E-state index in [0.29, 0.717) is 25.2 Å². The van der Waals surface area contributed by atoms with E-state index >= 15 is 0 Å². The predicted molar refractivity (Wildman–Crippen MR) is 108 cm³/mol. The Bertz CT molecular complexity index is 904. The van der Waals surface area contributed by atoms with Gasteiger partial charge in [0.25, 0.3) is 5.91 Å². The molecule has 6 nitrogen and oxygen atoms in total. The fourth-order valence-corrected chi connectivity index (χ4v) is 4.87. The Balaban J connectivity index is 1.52. The molecule has 1 fully saturated rings. The van der Waals surface area contributed by atoms with E-state index in [-0.39, 0.29) is 10.8 Å². The van der Waals surface area contributed by atoms with Gasteiger partial charge in [-0.05, 0) is 61.6 Å². The average molecular weight is 403 g/mol. The minimum Gasteiger partial charge on any atom is -0.496 e. The van der Waals surface area contributed by atoms with Crippen molar-refractivity contribution in [2.24, 2.45) is 0 Å². The van der Waals surface area contributed by atoms with Gasteiger partial charge in [-0.15, -0.1) is 0 Å². The number of para-hydroxylation sites is 1. The zero-order chi connectivity index (χ0) is 20.0. The van der Waals surface area contributed by atoms with Gasteiger partial charge >= 0.3 is 0 Å². The van der Waals surface area contributed by atoms with Crippen LogP contribution in [0.1, 0.15) is 35.2 Å². The molecule has 7 heteroatoms. The van der Waals surface area contributed by atoms with Gasteiger partial charge < -0.3 is 10.1 Å². The fourth-order valence-electron chi connectivity index (χ4n) is 3.35. The van der Waals surface area contributed by atoms with Crippen LogP contribution in [0, 0.1) is 0 Å². The first kappa shape index (κ1) is 20.4. The molecular formula is C21H26N2O4S. The van der Waals surface area contributed by atoms with Crippen molar-refractivity contribution >= 4 is 15.9 Å². The molecule has 1 amide bonds. The highest BCUT2D eigenvalue weighted by Crippen LogP contribution is 2.21. The van der Waals surface area contributed by atoms with Crippen LogP contribution >= 0.6 is 0 Å². The molecule has 2 aromatic carbocycles. The Labute approximate surface area is 166 Å². The van der Waals surface area contributed by atoms with Crippen LogP contribution in [-0.2, 0) is 16.4 Å². The summed E-state index contributed by atoms with van der Waals surface area (Å²) in [5.41, 5.74) is 1.56. The Morgan fingerprint density at radius 1 is 1.07 bits per heavy atom. The van der Waals surface area contributed by atoms with E-state index in [1.165, 1.54) is 16.4 Å². The van der Waals surface area contributed by atoms with Crippen LogP contribution < -0.4 is 10.1 Å². The molecule has 1 aliphatic rings. The van der Waals surface area contributed by atoms with Crippen molar-refractivity contribution in [2.45, 2.75) is 30.6 Å². The second-order valence-corrected chi connectivity index (χ2v) is 8.74. The molecule has 1 N–H and O–H groups in total. The predicted octanol–water partition coefficient (Wildman–Crippen LogP) is 2.84. The molecule has 2 aromatic rings. The summed E-state index contributed by atoms with van der Waals surface area (Å²) in [6, 6.07) is 14.0. The zero-order valence-corrected chi connectivity index (χ0v) is 16.9. The first-order valence-electron chi connectivity index (χ1n) is 9.52. The topological polar surface area (TPSA) is 75.7 Å². The molecule has 1 heterocycles. The van der Waals surface area contributed by atoms with Gasteiger partial charge in [0.2, 0.25) is 10.0 Å². The lowest BCUT2D eigenvalue weighted by atomic mass is 10.1. The van der Waals surface area contributed by atoms with Gasteiger partial charge in [-0.2, -0.15) is 4.31 Å². The largest absolute Gasteiger partial charge is 0.496 e. The van der Waals surface area contributed by atoms with Crippen molar-refractivity contribution in [2.75, 3.05) is 26.7 Å². The summed E-state index contributed by atoms with van der Waals surface area (Å²) >= 11 is 0. The number of ether oxygens (including phenoxy) is 1. The number of aryl methyl sites for hydroxylation is 1. The van der Waals surface area contributed by atoms with Crippen LogP contribution in [0.3, 0.4) is 0 Å². The maximum absolute atomic E-state index is 12.5. The minimum atomic E-state index is -3.45. The highest BCUT2D eigenvalue weighted by atomic mass is 32.2. The van der Waals surface area contributed by atoms with Crippen molar-refractivity contribution in [1.82, 2.24) is 9.62 Å². The highest BCUT2D eigenvalue weighted by molar-refractivity contribution is 7.89. The van der Waals surface area contributed by atoms with E-state index in [1.54, 1.807) is 19.2 Å². The van der Waals surface area contributed by atoms with Crippen LogP contribution in [0.4, 0.5) is 0 Å².